The van der Waals surface area contributed by atoms with Gasteiger partial charge < -0.3 is 15.2 Å². The Morgan fingerprint density at radius 2 is 2.07 bits per heavy atom. The van der Waals surface area contributed by atoms with Crippen LogP contribution in [0.4, 0.5) is 10.8 Å². The number of anilines is 2. The van der Waals surface area contributed by atoms with Crippen LogP contribution in [0.25, 0.3) is 0 Å². The molecule has 0 unspecified atom stereocenters. The summed E-state index contributed by atoms with van der Waals surface area (Å²) in [5.41, 5.74) is 0.414. The normalized spacial score (nSPS) is 10.6. The second kappa shape index (κ2) is 10.6. The molecule has 2 heterocycles. The van der Waals surface area contributed by atoms with Gasteiger partial charge in [0.2, 0.25) is 11.8 Å². The van der Waals surface area contributed by atoms with Gasteiger partial charge in [-0.05, 0) is 12.1 Å². The van der Waals surface area contributed by atoms with E-state index in [4.69, 9.17) is 23.2 Å². The molecule has 0 bridgehead atoms. The zero-order valence-corrected chi connectivity index (χ0v) is 18.6. The Morgan fingerprint density at radius 3 is 2.80 bits per heavy atom. The van der Waals surface area contributed by atoms with E-state index in [0.29, 0.717) is 33.4 Å². The number of hydrogen-bond acceptors (Lipinski definition) is 7. The molecule has 8 nitrogen and oxygen atoms in total. The number of amides is 2. The second-order valence-corrected chi connectivity index (χ2v) is 8.42. The Labute approximate surface area is 190 Å². The van der Waals surface area contributed by atoms with E-state index in [1.54, 1.807) is 40.4 Å². The van der Waals surface area contributed by atoms with Crippen molar-refractivity contribution in [3.63, 3.8) is 0 Å². The van der Waals surface area contributed by atoms with Gasteiger partial charge in [0.1, 0.15) is 5.82 Å². The predicted octanol–water partition coefficient (Wildman–Crippen LogP) is 4.14. The van der Waals surface area contributed by atoms with Crippen molar-refractivity contribution < 1.29 is 9.59 Å². The first-order valence-electron chi connectivity index (χ1n) is 8.57. The maximum Gasteiger partial charge on any atom is 0.236 e. The highest BCUT2D eigenvalue weighted by Crippen LogP contribution is 2.29. The van der Waals surface area contributed by atoms with Gasteiger partial charge in [0.05, 0.1) is 27.9 Å². The molecule has 0 radical (unpaired) electrons. The maximum atomic E-state index is 12.5. The largest absolute Gasteiger partial charge is 0.324 e. The third-order valence-corrected chi connectivity index (χ3v) is 6.13. The Balaban J connectivity index is 1.64. The quantitative estimate of drug-likeness (QED) is 0.351. The van der Waals surface area contributed by atoms with Crippen molar-refractivity contribution in [3.05, 3.63) is 58.3 Å². The number of halogens is 2. The Hall–Kier alpha value is -2.40. The van der Waals surface area contributed by atoms with Crippen LogP contribution >= 0.6 is 46.3 Å². The lowest BCUT2D eigenvalue weighted by molar-refractivity contribution is -0.116. The highest BCUT2D eigenvalue weighted by molar-refractivity contribution is 7.99. The van der Waals surface area contributed by atoms with E-state index in [0.717, 1.165) is 0 Å². The number of rotatable bonds is 9. The van der Waals surface area contributed by atoms with Crippen LogP contribution in [0.2, 0.25) is 10.0 Å². The lowest BCUT2D eigenvalue weighted by Gasteiger charge is -2.09. The SMILES string of the molecule is C=CCn1c(CC(=O)Nc2cccc(Cl)c2Cl)nnc1SCC(=O)Nc1nccs1. The van der Waals surface area contributed by atoms with Crippen molar-refractivity contribution in [1.82, 2.24) is 19.7 Å². The Bertz CT molecular complexity index is 1060. The molecule has 2 amide bonds. The molecule has 0 fully saturated rings. The summed E-state index contributed by atoms with van der Waals surface area (Å²) in [5, 5.41) is 17.0. The molecule has 156 valence electrons. The molecule has 3 rings (SSSR count). The van der Waals surface area contributed by atoms with Gasteiger partial charge in [0.15, 0.2) is 10.3 Å². The third kappa shape index (κ3) is 5.82. The zero-order valence-electron chi connectivity index (χ0n) is 15.5. The number of carbonyl (C=O) groups excluding carboxylic acids is 2. The minimum Gasteiger partial charge on any atom is -0.324 e. The van der Waals surface area contributed by atoms with E-state index < -0.39 is 0 Å². The molecule has 1 aromatic carbocycles. The number of nitrogens with one attached hydrogen (secondary N) is 2. The summed E-state index contributed by atoms with van der Waals surface area (Å²) in [6, 6.07) is 4.98. The van der Waals surface area contributed by atoms with Gasteiger partial charge in [-0.15, -0.1) is 28.1 Å². The summed E-state index contributed by atoms with van der Waals surface area (Å²) >= 11 is 14.6. The highest BCUT2D eigenvalue weighted by atomic mass is 35.5. The fourth-order valence-corrected chi connectivity index (χ4v) is 4.04. The number of benzene rings is 1. The van der Waals surface area contributed by atoms with Crippen molar-refractivity contribution >= 4 is 68.9 Å². The predicted molar refractivity (Wildman–Crippen MR) is 120 cm³/mol. The molecule has 2 aromatic heterocycles. The number of hydrogen-bond donors (Lipinski definition) is 2. The van der Waals surface area contributed by atoms with E-state index in [2.05, 4.69) is 32.4 Å². The van der Waals surface area contributed by atoms with Crippen molar-refractivity contribution in [2.75, 3.05) is 16.4 Å². The Morgan fingerprint density at radius 1 is 1.23 bits per heavy atom. The number of thioether (sulfide) groups is 1. The van der Waals surface area contributed by atoms with E-state index >= 15 is 0 Å². The maximum absolute atomic E-state index is 12.5. The van der Waals surface area contributed by atoms with Gasteiger partial charge in [-0.2, -0.15) is 0 Å². The van der Waals surface area contributed by atoms with Crippen LogP contribution in [-0.2, 0) is 22.6 Å². The molecule has 0 saturated carbocycles. The zero-order chi connectivity index (χ0) is 21.5. The van der Waals surface area contributed by atoms with Gasteiger partial charge in [-0.1, -0.05) is 47.1 Å². The molecular formula is C18H16Cl2N6O2S2. The van der Waals surface area contributed by atoms with Gasteiger partial charge in [-0.25, -0.2) is 4.98 Å². The minimum absolute atomic E-state index is 0.0322. The summed E-state index contributed by atoms with van der Waals surface area (Å²) in [6.45, 7) is 4.12. The summed E-state index contributed by atoms with van der Waals surface area (Å²) in [4.78, 5) is 28.5. The van der Waals surface area contributed by atoms with Crippen LogP contribution in [-0.4, -0.2) is 37.3 Å². The van der Waals surface area contributed by atoms with Gasteiger partial charge in [0.25, 0.3) is 0 Å². The standard InChI is InChI=1S/C18H16Cl2N6O2S2/c1-2-7-26-13(9-14(27)22-12-5-3-4-11(19)16(12)20)24-25-18(26)30-10-15(28)23-17-21-6-8-29-17/h2-6,8H,1,7,9-10H2,(H,22,27)(H,21,23,28). The van der Waals surface area contributed by atoms with E-state index in [1.165, 1.54) is 23.1 Å². The molecule has 30 heavy (non-hydrogen) atoms. The summed E-state index contributed by atoms with van der Waals surface area (Å²) in [5.74, 6) is 0.0282. The smallest absolute Gasteiger partial charge is 0.236 e. The number of thiazole rings is 1. The van der Waals surface area contributed by atoms with Crippen molar-refractivity contribution in [2.24, 2.45) is 0 Å². The lowest BCUT2D eigenvalue weighted by Crippen LogP contribution is -2.18. The number of carbonyl (C=O) groups is 2. The molecule has 0 spiro atoms. The van der Waals surface area contributed by atoms with Gasteiger partial charge in [-0.3, -0.25) is 9.59 Å². The summed E-state index contributed by atoms with van der Waals surface area (Å²) < 4.78 is 1.73. The monoisotopic (exact) mass is 482 g/mol. The van der Waals surface area contributed by atoms with Crippen LogP contribution < -0.4 is 10.6 Å². The molecule has 0 aliphatic carbocycles. The lowest BCUT2D eigenvalue weighted by atomic mass is 10.3. The molecule has 0 saturated heterocycles. The molecular weight excluding hydrogens is 467 g/mol. The highest BCUT2D eigenvalue weighted by Gasteiger charge is 2.17. The van der Waals surface area contributed by atoms with Crippen molar-refractivity contribution in [1.29, 1.82) is 0 Å². The molecule has 2 N–H and O–H groups in total. The molecule has 3 aromatic rings. The number of nitrogens with zero attached hydrogens (tertiary/aromatic N) is 4. The van der Waals surface area contributed by atoms with Gasteiger partial charge in [0, 0.05) is 18.1 Å². The summed E-state index contributed by atoms with van der Waals surface area (Å²) in [7, 11) is 0. The first kappa shape index (κ1) is 22.3. The van der Waals surface area contributed by atoms with Crippen molar-refractivity contribution in [2.45, 2.75) is 18.1 Å². The van der Waals surface area contributed by atoms with Crippen molar-refractivity contribution in [3.8, 4) is 0 Å². The fourth-order valence-electron chi connectivity index (χ4n) is 2.38. The molecule has 0 aliphatic rings. The number of aromatic nitrogens is 4. The summed E-state index contributed by atoms with van der Waals surface area (Å²) in [6.07, 6.45) is 3.25. The molecule has 0 aliphatic heterocycles. The molecule has 0 atom stereocenters. The second-order valence-electron chi connectivity index (χ2n) is 5.80. The first-order valence-corrected chi connectivity index (χ1v) is 11.2. The average molecular weight is 483 g/mol. The average Bonchev–Trinajstić information content (AvgIpc) is 3.35. The topological polar surface area (TPSA) is 102 Å². The van der Waals surface area contributed by atoms with E-state index in [9.17, 15) is 9.59 Å². The van der Waals surface area contributed by atoms with Crippen LogP contribution in [0.5, 0.6) is 0 Å². The fraction of sp³-hybridized carbons (Fsp3) is 0.167. The third-order valence-electron chi connectivity index (χ3n) is 3.66. The van der Waals surface area contributed by atoms with Crippen LogP contribution in [0.1, 0.15) is 5.82 Å². The van der Waals surface area contributed by atoms with E-state index in [-0.39, 0.29) is 29.0 Å². The Kier molecular flexibility index (Phi) is 7.86. The van der Waals surface area contributed by atoms with E-state index in [1.807, 2.05) is 0 Å². The first-order chi connectivity index (χ1) is 14.5. The number of allylic oxidation sites excluding steroid dienone is 1. The minimum atomic E-state index is -0.324. The van der Waals surface area contributed by atoms with Gasteiger partial charge >= 0.3 is 0 Å². The van der Waals surface area contributed by atoms with Crippen LogP contribution in [0, 0.1) is 0 Å². The molecule has 12 heteroatoms. The van der Waals surface area contributed by atoms with Crippen LogP contribution in [0.3, 0.4) is 0 Å². The van der Waals surface area contributed by atoms with Crippen LogP contribution in [0.15, 0.2) is 47.6 Å².